The van der Waals surface area contributed by atoms with Gasteiger partial charge in [0.05, 0.1) is 26.4 Å². The number of non-ortho nitro benzene ring substituents is 2. The summed E-state index contributed by atoms with van der Waals surface area (Å²) in [5.41, 5.74) is 1.10. The average Bonchev–Trinajstić information content (AvgIpc) is 2.65. The van der Waals surface area contributed by atoms with Crippen LogP contribution in [-0.4, -0.2) is 26.6 Å². The Kier molecular flexibility index (Phi) is 5.35. The third-order valence-corrected chi connectivity index (χ3v) is 3.22. The maximum Gasteiger partial charge on any atom is 0.282 e. The van der Waals surface area contributed by atoms with E-state index in [1.54, 1.807) is 0 Å². The molecule has 0 spiro atoms. The lowest BCUT2D eigenvalue weighted by Crippen LogP contribution is -2.41. The van der Waals surface area contributed by atoms with E-state index in [-0.39, 0.29) is 5.56 Å². The lowest BCUT2D eigenvalue weighted by molar-refractivity contribution is -0.394. The van der Waals surface area contributed by atoms with E-state index in [0.717, 1.165) is 24.3 Å². The highest BCUT2D eigenvalue weighted by atomic mass is 16.6. The third-order valence-electron chi connectivity index (χ3n) is 3.22. The number of rotatable bonds is 5. The first-order valence-electron chi connectivity index (χ1n) is 6.98. The van der Waals surface area contributed by atoms with Crippen molar-refractivity contribution in [3.05, 3.63) is 83.9 Å². The maximum absolute atomic E-state index is 12.0. The summed E-state index contributed by atoms with van der Waals surface area (Å²) in [6, 6.07) is 7.17. The Morgan fingerprint density at radius 2 is 1.26 bits per heavy atom. The summed E-state index contributed by atoms with van der Waals surface area (Å²) < 4.78 is 0. The number of benzene rings is 2. The van der Waals surface area contributed by atoms with Gasteiger partial charge in [-0.15, -0.1) is 0 Å². The molecule has 0 aliphatic rings. The van der Waals surface area contributed by atoms with Gasteiger partial charge in [-0.1, -0.05) is 12.1 Å². The predicted octanol–water partition coefficient (Wildman–Crippen LogP) is 1.49. The van der Waals surface area contributed by atoms with Gasteiger partial charge in [0.25, 0.3) is 28.9 Å². The van der Waals surface area contributed by atoms with Crippen LogP contribution in [0.25, 0.3) is 0 Å². The van der Waals surface area contributed by atoms with E-state index in [4.69, 9.17) is 0 Å². The van der Waals surface area contributed by atoms with Gasteiger partial charge in [-0.25, -0.2) is 0 Å². The van der Waals surface area contributed by atoms with Crippen molar-refractivity contribution >= 4 is 28.9 Å². The predicted molar refractivity (Wildman–Crippen MR) is 87.8 cm³/mol. The molecule has 138 valence electrons. The number of hydrogen-bond donors (Lipinski definition) is 2. The normalized spacial score (nSPS) is 9.93. The smallest absolute Gasteiger partial charge is 0.267 e. The van der Waals surface area contributed by atoms with Gasteiger partial charge in [-0.3, -0.25) is 50.8 Å². The SMILES string of the molecule is O=C(NNC(=O)c1ccccc1[N+](=O)[O-])c1cc([N+](=O)[O-])cc([N+](=O)[O-])c1. The zero-order chi connectivity index (χ0) is 20.1. The Hall–Kier alpha value is -4.42. The molecule has 0 saturated heterocycles. The van der Waals surface area contributed by atoms with Crippen LogP contribution in [-0.2, 0) is 0 Å². The van der Waals surface area contributed by atoms with Crippen molar-refractivity contribution in [2.45, 2.75) is 0 Å². The van der Waals surface area contributed by atoms with Gasteiger partial charge >= 0.3 is 0 Å². The molecule has 0 atom stereocenters. The largest absolute Gasteiger partial charge is 0.282 e. The maximum atomic E-state index is 12.0. The molecule has 0 aliphatic carbocycles. The van der Waals surface area contributed by atoms with Gasteiger partial charge < -0.3 is 0 Å². The van der Waals surface area contributed by atoms with Gasteiger partial charge in [0.2, 0.25) is 0 Å². The summed E-state index contributed by atoms with van der Waals surface area (Å²) in [6.07, 6.45) is 0. The molecular weight excluding hydrogens is 366 g/mol. The highest BCUT2D eigenvalue weighted by molar-refractivity contribution is 6.01. The number of hydrazine groups is 1. The highest BCUT2D eigenvalue weighted by Crippen LogP contribution is 2.22. The summed E-state index contributed by atoms with van der Waals surface area (Å²) in [5, 5.41) is 32.5. The van der Waals surface area contributed by atoms with Crippen molar-refractivity contribution in [2.24, 2.45) is 0 Å². The number of carbonyl (C=O) groups excluding carboxylic acids is 2. The van der Waals surface area contributed by atoms with Gasteiger partial charge in [0.15, 0.2) is 0 Å². The lowest BCUT2D eigenvalue weighted by Gasteiger charge is -2.08. The Morgan fingerprint density at radius 3 is 1.78 bits per heavy atom. The highest BCUT2D eigenvalue weighted by Gasteiger charge is 2.22. The Labute approximate surface area is 149 Å². The van der Waals surface area contributed by atoms with Crippen LogP contribution in [0.15, 0.2) is 42.5 Å². The first kappa shape index (κ1) is 18.9. The molecule has 2 amide bonds. The third kappa shape index (κ3) is 4.36. The van der Waals surface area contributed by atoms with E-state index in [2.05, 4.69) is 0 Å². The zero-order valence-electron chi connectivity index (χ0n) is 13.1. The summed E-state index contributed by atoms with van der Waals surface area (Å²) in [5.74, 6) is -2.11. The van der Waals surface area contributed by atoms with E-state index < -0.39 is 49.2 Å². The summed E-state index contributed by atoms with van der Waals surface area (Å²) in [7, 11) is 0. The fourth-order valence-corrected chi connectivity index (χ4v) is 2.01. The van der Waals surface area contributed by atoms with Crippen molar-refractivity contribution < 1.29 is 24.4 Å². The summed E-state index contributed by atoms with van der Waals surface area (Å²) in [6.45, 7) is 0. The minimum atomic E-state index is -1.09. The van der Waals surface area contributed by atoms with Crippen molar-refractivity contribution in [3.63, 3.8) is 0 Å². The molecule has 0 bridgehead atoms. The molecule has 0 heterocycles. The van der Waals surface area contributed by atoms with Crippen LogP contribution in [0.1, 0.15) is 20.7 Å². The fourth-order valence-electron chi connectivity index (χ4n) is 2.01. The second-order valence-electron chi connectivity index (χ2n) is 4.93. The van der Waals surface area contributed by atoms with Crippen molar-refractivity contribution in [2.75, 3.05) is 0 Å². The quantitative estimate of drug-likeness (QED) is 0.580. The van der Waals surface area contributed by atoms with Gasteiger partial charge in [0, 0.05) is 18.2 Å². The van der Waals surface area contributed by atoms with E-state index in [1.807, 2.05) is 10.9 Å². The minimum Gasteiger partial charge on any atom is -0.267 e. The first-order chi connectivity index (χ1) is 12.7. The molecule has 0 radical (unpaired) electrons. The van der Waals surface area contributed by atoms with Crippen LogP contribution in [0.4, 0.5) is 17.1 Å². The number of nitro groups is 3. The molecule has 27 heavy (non-hydrogen) atoms. The van der Waals surface area contributed by atoms with E-state index in [0.29, 0.717) is 6.07 Å². The Morgan fingerprint density at radius 1 is 0.741 bits per heavy atom. The number of hydrogen-bond acceptors (Lipinski definition) is 8. The second kappa shape index (κ2) is 7.64. The minimum absolute atomic E-state index is 0.340. The number of carbonyl (C=O) groups is 2. The zero-order valence-corrected chi connectivity index (χ0v) is 13.1. The molecule has 13 nitrogen and oxygen atoms in total. The Bertz CT molecular complexity index is 941. The van der Waals surface area contributed by atoms with E-state index in [1.165, 1.54) is 12.1 Å². The molecule has 13 heteroatoms. The first-order valence-corrected chi connectivity index (χ1v) is 6.98. The fraction of sp³-hybridized carbons (Fsp3) is 0. The number of nitro benzene ring substituents is 3. The molecule has 2 rings (SSSR count). The van der Waals surface area contributed by atoms with Crippen LogP contribution in [0, 0.1) is 30.3 Å². The number of para-hydroxylation sites is 1. The molecule has 0 aromatic heterocycles. The lowest BCUT2D eigenvalue weighted by atomic mass is 10.1. The van der Waals surface area contributed by atoms with E-state index in [9.17, 15) is 39.9 Å². The molecule has 2 aromatic carbocycles. The second-order valence-corrected chi connectivity index (χ2v) is 4.93. The Balaban J connectivity index is 2.21. The van der Waals surface area contributed by atoms with Crippen LogP contribution in [0.3, 0.4) is 0 Å². The van der Waals surface area contributed by atoms with Crippen LogP contribution < -0.4 is 10.9 Å². The molecule has 0 unspecified atom stereocenters. The van der Waals surface area contributed by atoms with Gasteiger partial charge in [0.1, 0.15) is 5.56 Å². The van der Waals surface area contributed by atoms with Gasteiger partial charge in [-0.05, 0) is 6.07 Å². The van der Waals surface area contributed by atoms with Crippen molar-refractivity contribution in [1.82, 2.24) is 10.9 Å². The van der Waals surface area contributed by atoms with Crippen LogP contribution in [0.2, 0.25) is 0 Å². The molecule has 2 N–H and O–H groups in total. The monoisotopic (exact) mass is 375 g/mol. The molecule has 0 fully saturated rings. The number of nitrogens with zero attached hydrogens (tertiary/aromatic N) is 3. The molecule has 0 aliphatic heterocycles. The topological polar surface area (TPSA) is 188 Å². The van der Waals surface area contributed by atoms with Crippen molar-refractivity contribution in [3.8, 4) is 0 Å². The number of amides is 2. The van der Waals surface area contributed by atoms with Gasteiger partial charge in [-0.2, -0.15) is 0 Å². The van der Waals surface area contributed by atoms with Crippen LogP contribution >= 0.6 is 0 Å². The standard InChI is InChI=1S/C14H9N5O8/c20-13(8-5-9(17(22)23)7-10(6-8)18(24)25)15-16-14(21)11-3-1-2-4-12(11)19(26)27/h1-7H,(H,15,20)(H,16,21). The molecular formula is C14H9N5O8. The summed E-state index contributed by atoms with van der Waals surface area (Å²) in [4.78, 5) is 54.0. The van der Waals surface area contributed by atoms with Crippen LogP contribution in [0.5, 0.6) is 0 Å². The van der Waals surface area contributed by atoms with E-state index >= 15 is 0 Å². The molecule has 2 aromatic rings. The number of nitrogens with one attached hydrogen (secondary N) is 2. The average molecular weight is 375 g/mol. The molecule has 0 saturated carbocycles. The summed E-state index contributed by atoms with van der Waals surface area (Å²) >= 11 is 0. The van der Waals surface area contributed by atoms with Crippen molar-refractivity contribution in [1.29, 1.82) is 0 Å².